The second kappa shape index (κ2) is 10.7. The zero-order valence-corrected chi connectivity index (χ0v) is 22.5. The maximum absolute atomic E-state index is 12.2. The van der Waals surface area contributed by atoms with Crippen molar-refractivity contribution in [3.63, 3.8) is 0 Å². The number of methoxy groups -OCH3 is 1. The number of ether oxygens (including phenoxy) is 1. The molecular weight excluding hydrogens is 496 g/mol. The molecule has 1 unspecified atom stereocenters. The molecule has 0 aliphatic heterocycles. The maximum Gasteiger partial charge on any atom is 0.335 e. The van der Waals surface area contributed by atoms with Crippen LogP contribution in [0.25, 0.3) is 10.6 Å². The van der Waals surface area contributed by atoms with Gasteiger partial charge in [0.15, 0.2) is 5.82 Å². The molecule has 4 rings (SSSR count). The van der Waals surface area contributed by atoms with Gasteiger partial charge >= 0.3 is 5.97 Å². The molecule has 0 amide bonds. The molecule has 1 aliphatic carbocycles. The van der Waals surface area contributed by atoms with Gasteiger partial charge in [-0.25, -0.2) is 14.1 Å². The first-order chi connectivity index (χ1) is 17.1. The number of rotatable bonds is 7. The molecule has 3 aromatic rings. The summed E-state index contributed by atoms with van der Waals surface area (Å²) in [5, 5.41) is 11.6. The number of nitrogens with zero attached hydrogens (tertiary/aromatic N) is 2. The molecule has 1 heterocycles. The van der Waals surface area contributed by atoms with Crippen LogP contribution in [0, 0.1) is 11.3 Å². The summed E-state index contributed by atoms with van der Waals surface area (Å²) < 4.78 is 30.6. The third-order valence-electron chi connectivity index (χ3n) is 7.08. The van der Waals surface area contributed by atoms with E-state index >= 15 is 0 Å². The number of aromatic carboxylic acids is 1. The predicted octanol–water partition coefficient (Wildman–Crippen LogP) is 6.77. The van der Waals surface area contributed by atoms with Crippen molar-refractivity contribution in [3.05, 3.63) is 59.0 Å². The van der Waals surface area contributed by atoms with Crippen LogP contribution < -0.4 is 9.04 Å². The smallest absolute Gasteiger partial charge is 0.335 e. The first kappa shape index (κ1) is 26.3. The third kappa shape index (κ3) is 5.63. The summed E-state index contributed by atoms with van der Waals surface area (Å²) in [5.74, 6) is 0.559. The zero-order valence-electron chi connectivity index (χ0n) is 20.9. The molecule has 1 aliphatic rings. The number of anilines is 2. The highest BCUT2D eigenvalue weighted by molar-refractivity contribution is 7.81. The van der Waals surface area contributed by atoms with Crippen LogP contribution in [0.1, 0.15) is 68.3 Å². The van der Waals surface area contributed by atoms with Crippen LogP contribution in [0.5, 0.6) is 5.75 Å². The molecule has 0 radical (unpaired) electrons. The minimum Gasteiger partial charge on any atom is -0.755 e. The summed E-state index contributed by atoms with van der Waals surface area (Å²) in [7, 11) is 1.36. The molecule has 9 heteroatoms. The molecule has 192 valence electrons. The molecule has 0 spiro atoms. The van der Waals surface area contributed by atoms with E-state index in [9.17, 15) is 18.7 Å². The molecule has 0 bridgehead atoms. The van der Waals surface area contributed by atoms with Gasteiger partial charge in [0.1, 0.15) is 10.8 Å². The average molecular weight is 528 g/mol. The Hall–Kier alpha value is -2.75. The van der Waals surface area contributed by atoms with Crippen molar-refractivity contribution in [2.45, 2.75) is 52.4 Å². The normalized spacial score (nSPS) is 19.0. The zero-order chi connectivity index (χ0) is 26.0. The van der Waals surface area contributed by atoms with Crippen LogP contribution in [0.2, 0.25) is 0 Å². The largest absolute Gasteiger partial charge is 0.755 e. The Labute approximate surface area is 218 Å². The number of carboxylic acid groups (broad SMARTS) is 1. The topological polar surface area (TPSA) is 103 Å². The van der Waals surface area contributed by atoms with E-state index in [4.69, 9.17) is 4.74 Å². The highest BCUT2D eigenvalue weighted by atomic mass is 32.2. The van der Waals surface area contributed by atoms with Crippen LogP contribution in [-0.2, 0) is 11.3 Å². The van der Waals surface area contributed by atoms with Gasteiger partial charge in [0.2, 0.25) is 0 Å². The first-order valence-corrected chi connectivity index (χ1v) is 13.9. The lowest BCUT2D eigenvalue weighted by Crippen LogP contribution is -2.25. The summed E-state index contributed by atoms with van der Waals surface area (Å²) in [4.78, 5) is 15.9. The van der Waals surface area contributed by atoms with E-state index in [0.717, 1.165) is 15.8 Å². The van der Waals surface area contributed by atoms with E-state index in [1.165, 1.54) is 67.9 Å². The monoisotopic (exact) mass is 527 g/mol. The Kier molecular flexibility index (Phi) is 7.82. The van der Waals surface area contributed by atoms with Gasteiger partial charge in [0, 0.05) is 10.9 Å². The highest BCUT2D eigenvalue weighted by Crippen LogP contribution is 2.43. The number of aromatic nitrogens is 1. The number of benzene rings is 2. The standard InChI is InChI=1S/C27H32N2O5S2/c1-27(2,3)21-12-9-18(10-13-21)17-5-7-19(8-6-17)25-28-24(16-35-25)29(36(32)33)22-14-11-20(26(30)31)15-23(22)34-4/h5-8,11,14-16,18,21H,9-10,12-13H2,1-4H3,(H,30,31)(H,32,33)/p-1. The van der Waals surface area contributed by atoms with Crippen LogP contribution in [0.3, 0.4) is 0 Å². The SMILES string of the molecule is COc1cc(C(=O)O)ccc1N(c1csc(-c2ccc(C3CCC(C(C)(C)C)CC3)cc2)n1)S(=O)[O-]. The average Bonchev–Trinajstić information content (AvgIpc) is 3.33. The minimum atomic E-state index is -2.69. The Bertz CT molecular complexity index is 1240. The van der Waals surface area contributed by atoms with E-state index in [-0.39, 0.29) is 22.8 Å². The third-order valence-corrected chi connectivity index (χ3v) is 8.64. The predicted molar refractivity (Wildman–Crippen MR) is 143 cm³/mol. The molecule has 1 fully saturated rings. The number of hydrogen-bond donors (Lipinski definition) is 1. The lowest BCUT2D eigenvalue weighted by Gasteiger charge is -2.37. The summed E-state index contributed by atoms with van der Waals surface area (Å²) in [5.41, 5.74) is 2.81. The van der Waals surface area contributed by atoms with E-state index in [0.29, 0.717) is 16.3 Å². The lowest BCUT2D eigenvalue weighted by atomic mass is 9.69. The molecule has 1 N–H and O–H groups in total. The van der Waals surface area contributed by atoms with E-state index in [1.54, 1.807) is 5.38 Å². The van der Waals surface area contributed by atoms with Gasteiger partial charge in [-0.1, -0.05) is 45.0 Å². The van der Waals surface area contributed by atoms with Gasteiger partial charge in [0.05, 0.1) is 29.6 Å². The Balaban J connectivity index is 1.54. The Morgan fingerprint density at radius 3 is 2.36 bits per heavy atom. The molecule has 1 atom stereocenters. The summed E-state index contributed by atoms with van der Waals surface area (Å²) >= 11 is -1.35. The summed E-state index contributed by atoms with van der Waals surface area (Å²) in [6.45, 7) is 7.00. The van der Waals surface area contributed by atoms with Crippen molar-refractivity contribution >= 4 is 40.1 Å². The fraction of sp³-hybridized carbons (Fsp3) is 0.407. The fourth-order valence-electron chi connectivity index (χ4n) is 4.94. The maximum atomic E-state index is 12.2. The summed E-state index contributed by atoms with van der Waals surface area (Å²) in [6.07, 6.45) is 4.92. The minimum absolute atomic E-state index is 0.00168. The Morgan fingerprint density at radius 2 is 1.81 bits per heavy atom. The molecular formula is C27H31N2O5S2-. The van der Waals surface area contributed by atoms with Gasteiger partial charge in [-0.05, 0) is 66.7 Å². The van der Waals surface area contributed by atoms with E-state index < -0.39 is 17.2 Å². The quantitative estimate of drug-likeness (QED) is 0.340. The van der Waals surface area contributed by atoms with Crippen molar-refractivity contribution in [2.24, 2.45) is 11.3 Å². The van der Waals surface area contributed by atoms with E-state index in [2.05, 4.69) is 50.0 Å². The lowest BCUT2D eigenvalue weighted by molar-refractivity contribution is 0.0696. The van der Waals surface area contributed by atoms with Gasteiger partial charge in [-0.3, -0.25) is 4.21 Å². The van der Waals surface area contributed by atoms with Gasteiger partial charge in [-0.15, -0.1) is 11.3 Å². The molecule has 2 aromatic carbocycles. The molecule has 1 saturated carbocycles. The van der Waals surface area contributed by atoms with Gasteiger partial charge < -0.3 is 14.4 Å². The van der Waals surface area contributed by atoms with Crippen molar-refractivity contribution in [3.8, 4) is 16.3 Å². The number of thiazole rings is 1. The van der Waals surface area contributed by atoms with Crippen molar-refractivity contribution < 1.29 is 23.4 Å². The summed E-state index contributed by atoms with van der Waals surface area (Å²) in [6, 6.07) is 12.5. The van der Waals surface area contributed by atoms with Crippen LogP contribution in [0.4, 0.5) is 11.5 Å². The van der Waals surface area contributed by atoms with Gasteiger partial charge in [-0.2, -0.15) is 0 Å². The molecule has 0 saturated heterocycles. The van der Waals surface area contributed by atoms with Crippen LogP contribution in [-0.4, -0.2) is 31.9 Å². The van der Waals surface area contributed by atoms with Gasteiger partial charge in [0.25, 0.3) is 0 Å². The second-order valence-corrected chi connectivity index (χ2v) is 11.9. The first-order valence-electron chi connectivity index (χ1n) is 11.9. The highest BCUT2D eigenvalue weighted by Gasteiger charge is 2.30. The van der Waals surface area contributed by atoms with Crippen molar-refractivity contribution in [1.29, 1.82) is 0 Å². The fourth-order valence-corrected chi connectivity index (χ4v) is 6.36. The van der Waals surface area contributed by atoms with Crippen molar-refractivity contribution in [1.82, 2.24) is 4.98 Å². The van der Waals surface area contributed by atoms with E-state index in [1.807, 2.05) is 0 Å². The molecule has 36 heavy (non-hydrogen) atoms. The second-order valence-electron chi connectivity index (χ2n) is 10.3. The molecule has 1 aromatic heterocycles. The van der Waals surface area contributed by atoms with Crippen LogP contribution >= 0.6 is 11.3 Å². The molecule has 7 nitrogen and oxygen atoms in total. The number of carbonyl (C=O) groups is 1. The van der Waals surface area contributed by atoms with Crippen molar-refractivity contribution in [2.75, 3.05) is 11.4 Å². The number of hydrogen-bond acceptors (Lipinski definition) is 6. The number of carboxylic acids is 1. The van der Waals surface area contributed by atoms with Crippen LogP contribution in [0.15, 0.2) is 47.8 Å². The Morgan fingerprint density at radius 1 is 1.14 bits per heavy atom.